The van der Waals surface area contributed by atoms with E-state index in [4.69, 9.17) is 4.74 Å². The molecule has 2 nitrogen and oxygen atoms in total. The largest absolute Gasteiger partial charge is 0.380 e. The lowest BCUT2D eigenvalue weighted by atomic mass is 9.85. The molecule has 70 valence electrons. The van der Waals surface area contributed by atoms with E-state index in [1.165, 1.54) is 45.3 Å². The van der Waals surface area contributed by atoms with Crippen molar-refractivity contribution >= 4 is 0 Å². The first-order valence-corrected chi connectivity index (χ1v) is 5.13. The van der Waals surface area contributed by atoms with Crippen LogP contribution in [0.4, 0.5) is 0 Å². The molecule has 0 spiro atoms. The third kappa shape index (κ3) is 1.80. The molecule has 0 amide bonds. The summed E-state index contributed by atoms with van der Waals surface area (Å²) in [5.74, 6) is 1.01. The predicted octanol–water partition coefficient (Wildman–Crippen LogP) is 1.51. The third-order valence-corrected chi connectivity index (χ3v) is 3.30. The summed E-state index contributed by atoms with van der Waals surface area (Å²) in [5, 5.41) is 0. The van der Waals surface area contributed by atoms with E-state index in [-0.39, 0.29) is 0 Å². The topological polar surface area (TPSA) is 12.5 Å². The normalized spacial score (nSPS) is 32.2. The van der Waals surface area contributed by atoms with Crippen LogP contribution in [0.25, 0.3) is 0 Å². The molecule has 2 fully saturated rings. The highest BCUT2D eigenvalue weighted by Gasteiger charge is 2.26. The van der Waals surface area contributed by atoms with Crippen molar-refractivity contribution in [1.82, 2.24) is 4.90 Å². The molecular weight excluding hydrogens is 150 g/mol. The molecule has 1 saturated carbocycles. The SMILES string of the molecule is CO[C@@H]1CCN(CC2CCC2)C1. The zero-order chi connectivity index (χ0) is 8.39. The Morgan fingerprint density at radius 1 is 1.33 bits per heavy atom. The quantitative estimate of drug-likeness (QED) is 0.635. The van der Waals surface area contributed by atoms with Gasteiger partial charge in [0.15, 0.2) is 0 Å². The van der Waals surface area contributed by atoms with Gasteiger partial charge in [-0.1, -0.05) is 6.42 Å². The summed E-state index contributed by atoms with van der Waals surface area (Å²) in [6, 6.07) is 0. The Labute approximate surface area is 74.9 Å². The number of nitrogens with zero attached hydrogens (tertiary/aromatic N) is 1. The van der Waals surface area contributed by atoms with E-state index in [1.54, 1.807) is 0 Å². The van der Waals surface area contributed by atoms with Gasteiger partial charge in [0.25, 0.3) is 0 Å². The lowest BCUT2D eigenvalue weighted by Crippen LogP contribution is -2.31. The molecule has 1 aliphatic carbocycles. The van der Waals surface area contributed by atoms with Gasteiger partial charge in [0.05, 0.1) is 6.10 Å². The molecule has 0 aromatic rings. The van der Waals surface area contributed by atoms with Gasteiger partial charge in [-0.25, -0.2) is 0 Å². The summed E-state index contributed by atoms with van der Waals surface area (Å²) in [6.45, 7) is 3.77. The first-order valence-electron chi connectivity index (χ1n) is 5.13. The van der Waals surface area contributed by atoms with Gasteiger partial charge < -0.3 is 9.64 Å². The van der Waals surface area contributed by atoms with Crippen molar-refractivity contribution in [3.05, 3.63) is 0 Å². The van der Waals surface area contributed by atoms with Gasteiger partial charge in [0.1, 0.15) is 0 Å². The molecule has 0 bridgehead atoms. The van der Waals surface area contributed by atoms with E-state index in [9.17, 15) is 0 Å². The summed E-state index contributed by atoms with van der Waals surface area (Å²) < 4.78 is 5.33. The van der Waals surface area contributed by atoms with Gasteiger partial charge in [-0.2, -0.15) is 0 Å². The number of methoxy groups -OCH3 is 1. The Balaban J connectivity index is 1.68. The highest BCUT2D eigenvalue weighted by Crippen LogP contribution is 2.28. The van der Waals surface area contributed by atoms with E-state index in [1.807, 2.05) is 7.11 Å². The van der Waals surface area contributed by atoms with Gasteiger partial charge in [-0.3, -0.25) is 0 Å². The van der Waals surface area contributed by atoms with E-state index in [0.717, 1.165) is 5.92 Å². The molecule has 0 unspecified atom stereocenters. The summed E-state index contributed by atoms with van der Waals surface area (Å²) in [5.41, 5.74) is 0. The molecule has 1 heterocycles. The Hall–Kier alpha value is -0.0800. The molecule has 1 atom stereocenters. The van der Waals surface area contributed by atoms with Gasteiger partial charge in [-0.15, -0.1) is 0 Å². The molecule has 2 aliphatic rings. The standard InChI is InChI=1S/C10H19NO/c1-12-10-5-6-11(8-10)7-9-3-2-4-9/h9-10H,2-8H2,1H3/t10-/m1/s1. The maximum Gasteiger partial charge on any atom is 0.0710 e. The molecule has 0 radical (unpaired) electrons. The smallest absolute Gasteiger partial charge is 0.0710 e. The molecule has 2 heteroatoms. The monoisotopic (exact) mass is 169 g/mol. The Kier molecular flexibility index (Phi) is 2.66. The highest BCUT2D eigenvalue weighted by molar-refractivity contribution is 4.80. The van der Waals surface area contributed by atoms with Crippen LogP contribution in [0.5, 0.6) is 0 Å². The average molecular weight is 169 g/mol. The van der Waals surface area contributed by atoms with E-state index in [0.29, 0.717) is 6.10 Å². The van der Waals surface area contributed by atoms with Crippen LogP contribution in [0.1, 0.15) is 25.7 Å². The lowest BCUT2D eigenvalue weighted by Gasteiger charge is -2.29. The second kappa shape index (κ2) is 3.75. The fraction of sp³-hybridized carbons (Fsp3) is 1.00. The number of ether oxygens (including phenoxy) is 1. The first kappa shape index (κ1) is 8.52. The predicted molar refractivity (Wildman–Crippen MR) is 49.2 cm³/mol. The van der Waals surface area contributed by atoms with Crippen molar-refractivity contribution in [3.63, 3.8) is 0 Å². The fourth-order valence-corrected chi connectivity index (χ4v) is 2.20. The summed E-state index contributed by atoms with van der Waals surface area (Å²) >= 11 is 0. The van der Waals surface area contributed by atoms with Crippen molar-refractivity contribution in [1.29, 1.82) is 0 Å². The zero-order valence-corrected chi connectivity index (χ0v) is 7.96. The maximum absolute atomic E-state index is 5.33. The van der Waals surface area contributed by atoms with Gasteiger partial charge in [0.2, 0.25) is 0 Å². The third-order valence-electron chi connectivity index (χ3n) is 3.30. The van der Waals surface area contributed by atoms with E-state index >= 15 is 0 Å². The number of rotatable bonds is 3. The second-order valence-electron chi connectivity index (χ2n) is 4.20. The van der Waals surface area contributed by atoms with Gasteiger partial charge in [0, 0.05) is 26.7 Å². The highest BCUT2D eigenvalue weighted by atomic mass is 16.5. The molecule has 2 rings (SSSR count). The van der Waals surface area contributed by atoms with Crippen LogP contribution in [-0.2, 0) is 4.74 Å². The fourth-order valence-electron chi connectivity index (χ4n) is 2.20. The first-order chi connectivity index (χ1) is 5.88. The molecule has 0 aromatic heterocycles. The van der Waals surface area contributed by atoms with Crippen LogP contribution < -0.4 is 0 Å². The van der Waals surface area contributed by atoms with Crippen LogP contribution in [0, 0.1) is 5.92 Å². The van der Waals surface area contributed by atoms with Crippen LogP contribution in [0.3, 0.4) is 0 Å². The lowest BCUT2D eigenvalue weighted by molar-refractivity contribution is 0.102. The van der Waals surface area contributed by atoms with E-state index < -0.39 is 0 Å². The minimum Gasteiger partial charge on any atom is -0.380 e. The van der Waals surface area contributed by atoms with Gasteiger partial charge >= 0.3 is 0 Å². The van der Waals surface area contributed by atoms with Crippen molar-refractivity contribution in [2.45, 2.75) is 31.8 Å². The molecule has 12 heavy (non-hydrogen) atoms. The van der Waals surface area contributed by atoms with Crippen LogP contribution in [0.15, 0.2) is 0 Å². The van der Waals surface area contributed by atoms with Crippen molar-refractivity contribution in [2.75, 3.05) is 26.7 Å². The number of hydrogen-bond acceptors (Lipinski definition) is 2. The Bertz CT molecular complexity index is 145. The number of hydrogen-bond donors (Lipinski definition) is 0. The molecule has 1 aliphatic heterocycles. The minimum atomic E-state index is 0.519. The minimum absolute atomic E-state index is 0.519. The zero-order valence-electron chi connectivity index (χ0n) is 7.96. The number of likely N-dealkylation sites (tertiary alicyclic amines) is 1. The summed E-state index contributed by atoms with van der Waals surface area (Å²) in [4.78, 5) is 2.57. The van der Waals surface area contributed by atoms with Crippen molar-refractivity contribution < 1.29 is 4.74 Å². The molecule has 1 saturated heterocycles. The summed E-state index contributed by atoms with van der Waals surface area (Å²) in [6.07, 6.45) is 6.16. The average Bonchev–Trinajstić information content (AvgIpc) is 2.44. The molecular formula is C10H19NO. The summed E-state index contributed by atoms with van der Waals surface area (Å²) in [7, 11) is 1.83. The molecule has 0 aromatic carbocycles. The van der Waals surface area contributed by atoms with E-state index in [2.05, 4.69) is 4.90 Å². The van der Waals surface area contributed by atoms with Gasteiger partial charge in [-0.05, 0) is 25.2 Å². The Morgan fingerprint density at radius 2 is 2.17 bits per heavy atom. The molecule has 0 N–H and O–H groups in total. The maximum atomic E-state index is 5.33. The van der Waals surface area contributed by atoms with Crippen LogP contribution in [0.2, 0.25) is 0 Å². The second-order valence-corrected chi connectivity index (χ2v) is 4.20. The van der Waals surface area contributed by atoms with Crippen LogP contribution >= 0.6 is 0 Å². The Morgan fingerprint density at radius 3 is 2.67 bits per heavy atom. The van der Waals surface area contributed by atoms with Crippen LogP contribution in [-0.4, -0.2) is 37.7 Å². The van der Waals surface area contributed by atoms with Crippen molar-refractivity contribution in [2.24, 2.45) is 5.92 Å². The van der Waals surface area contributed by atoms with Crippen molar-refractivity contribution in [3.8, 4) is 0 Å².